The molecule has 3 fully saturated rings. The molecule has 4 rings (SSSR count). The standard InChI is InChI=1S/C21H32N2O4/c1-13-5-4-6-15-11-17-18(19(25)21(13,15)3)16(20(26)27-17)12-22-7-9-23(10-8-22)14(2)24/h6,13,16-19,25H,4-5,7-12H2,1-3H3/t13-,16-,17-,18-,19-,21-/m1/s1. The Morgan fingerprint density at radius 1 is 1.33 bits per heavy atom. The minimum absolute atomic E-state index is 0.108. The highest BCUT2D eigenvalue weighted by molar-refractivity contribution is 5.76. The number of rotatable bonds is 2. The first-order chi connectivity index (χ1) is 12.8. The molecule has 6 heteroatoms. The molecule has 0 aromatic rings. The van der Waals surface area contributed by atoms with E-state index in [1.165, 1.54) is 5.57 Å². The summed E-state index contributed by atoms with van der Waals surface area (Å²) in [6.45, 7) is 9.58. The second-order valence-electron chi connectivity index (χ2n) is 9.11. The number of fused-ring (bicyclic) bond motifs is 2. The summed E-state index contributed by atoms with van der Waals surface area (Å²) in [6.07, 6.45) is 4.42. The minimum atomic E-state index is -0.548. The van der Waals surface area contributed by atoms with Gasteiger partial charge < -0.3 is 14.7 Å². The van der Waals surface area contributed by atoms with Gasteiger partial charge in [0.2, 0.25) is 5.91 Å². The monoisotopic (exact) mass is 376 g/mol. The fourth-order valence-electron chi connectivity index (χ4n) is 5.80. The van der Waals surface area contributed by atoms with Crippen LogP contribution in [0.1, 0.15) is 40.0 Å². The van der Waals surface area contributed by atoms with Gasteiger partial charge >= 0.3 is 5.97 Å². The van der Waals surface area contributed by atoms with E-state index in [4.69, 9.17) is 4.74 Å². The van der Waals surface area contributed by atoms with Gasteiger partial charge in [-0.3, -0.25) is 14.5 Å². The highest BCUT2D eigenvalue weighted by Gasteiger charge is 2.59. The molecular formula is C21H32N2O4. The molecule has 2 aliphatic carbocycles. The van der Waals surface area contributed by atoms with Gasteiger partial charge in [0.25, 0.3) is 0 Å². The molecule has 1 saturated carbocycles. The zero-order chi connectivity index (χ0) is 19.3. The maximum Gasteiger partial charge on any atom is 0.311 e. The summed E-state index contributed by atoms with van der Waals surface area (Å²) in [5.41, 5.74) is 1.03. The number of carbonyl (C=O) groups is 2. The molecule has 0 radical (unpaired) electrons. The lowest BCUT2D eigenvalue weighted by atomic mass is 9.55. The van der Waals surface area contributed by atoms with E-state index in [2.05, 4.69) is 24.8 Å². The van der Waals surface area contributed by atoms with Crippen molar-refractivity contribution in [3.63, 3.8) is 0 Å². The van der Waals surface area contributed by atoms with E-state index >= 15 is 0 Å². The lowest BCUT2D eigenvalue weighted by Crippen LogP contribution is -2.55. The summed E-state index contributed by atoms with van der Waals surface area (Å²) >= 11 is 0. The van der Waals surface area contributed by atoms with Gasteiger partial charge in [0, 0.05) is 57.4 Å². The van der Waals surface area contributed by atoms with E-state index in [1.54, 1.807) is 6.92 Å². The van der Waals surface area contributed by atoms with Crippen molar-refractivity contribution >= 4 is 11.9 Å². The molecule has 2 heterocycles. The van der Waals surface area contributed by atoms with Gasteiger partial charge in [-0.2, -0.15) is 0 Å². The Morgan fingerprint density at radius 3 is 2.70 bits per heavy atom. The second-order valence-corrected chi connectivity index (χ2v) is 9.11. The van der Waals surface area contributed by atoms with Crippen molar-refractivity contribution in [1.29, 1.82) is 0 Å². The molecule has 0 unspecified atom stereocenters. The smallest absolute Gasteiger partial charge is 0.311 e. The van der Waals surface area contributed by atoms with Gasteiger partial charge in [-0.1, -0.05) is 25.5 Å². The Morgan fingerprint density at radius 2 is 2.04 bits per heavy atom. The summed E-state index contributed by atoms with van der Waals surface area (Å²) < 4.78 is 5.75. The third kappa shape index (κ3) is 3.01. The first-order valence-electron chi connectivity index (χ1n) is 10.4. The number of aliphatic hydroxyl groups excluding tert-OH is 1. The van der Waals surface area contributed by atoms with Gasteiger partial charge in [0.05, 0.1) is 12.0 Å². The predicted octanol–water partition coefficient (Wildman–Crippen LogP) is 1.44. The van der Waals surface area contributed by atoms with E-state index in [-0.39, 0.29) is 35.2 Å². The van der Waals surface area contributed by atoms with Crippen LogP contribution in [0.25, 0.3) is 0 Å². The molecule has 4 aliphatic rings. The van der Waals surface area contributed by atoms with Crippen LogP contribution in [0.3, 0.4) is 0 Å². The van der Waals surface area contributed by atoms with Crippen molar-refractivity contribution in [3.8, 4) is 0 Å². The molecule has 2 aliphatic heterocycles. The van der Waals surface area contributed by atoms with Gasteiger partial charge in [0.15, 0.2) is 0 Å². The number of amides is 1. The SMILES string of the molecule is CC(=O)N1CCN(C[C@H]2C(=O)O[C@@H]3CC4=CCC[C@@H](C)[C@@]4(C)[C@H](O)[C@@H]32)CC1. The Hall–Kier alpha value is -1.40. The Balaban J connectivity index is 1.50. The highest BCUT2D eigenvalue weighted by Crippen LogP contribution is 2.56. The number of esters is 1. The zero-order valence-electron chi connectivity index (χ0n) is 16.7. The summed E-state index contributed by atoms with van der Waals surface area (Å²) in [4.78, 5) is 28.3. The van der Waals surface area contributed by atoms with Crippen molar-refractivity contribution in [1.82, 2.24) is 9.80 Å². The van der Waals surface area contributed by atoms with E-state index in [0.29, 0.717) is 25.6 Å². The van der Waals surface area contributed by atoms with Crippen molar-refractivity contribution in [2.24, 2.45) is 23.2 Å². The lowest BCUT2D eigenvalue weighted by Gasteiger charge is -2.52. The number of hydrogen-bond acceptors (Lipinski definition) is 5. The molecule has 0 aromatic heterocycles. The lowest BCUT2D eigenvalue weighted by molar-refractivity contribution is -0.145. The zero-order valence-corrected chi connectivity index (χ0v) is 16.7. The second kappa shape index (κ2) is 6.89. The Kier molecular flexibility index (Phi) is 4.83. The molecule has 1 amide bonds. The van der Waals surface area contributed by atoms with Gasteiger partial charge in [-0.05, 0) is 18.8 Å². The fraction of sp³-hybridized carbons (Fsp3) is 0.810. The van der Waals surface area contributed by atoms with Crippen LogP contribution in [0, 0.1) is 23.2 Å². The average molecular weight is 376 g/mol. The van der Waals surface area contributed by atoms with Crippen molar-refractivity contribution in [2.75, 3.05) is 32.7 Å². The number of aliphatic hydroxyl groups is 1. The Bertz CT molecular complexity index is 655. The van der Waals surface area contributed by atoms with Crippen LogP contribution in [0.4, 0.5) is 0 Å². The van der Waals surface area contributed by atoms with Crippen LogP contribution in [0.15, 0.2) is 11.6 Å². The first-order valence-corrected chi connectivity index (χ1v) is 10.4. The number of allylic oxidation sites excluding steroid dienone is 1. The summed E-state index contributed by atoms with van der Waals surface area (Å²) in [5.74, 6) is -0.0545. The van der Waals surface area contributed by atoms with Crippen molar-refractivity contribution in [2.45, 2.75) is 52.2 Å². The van der Waals surface area contributed by atoms with Crippen LogP contribution >= 0.6 is 0 Å². The van der Waals surface area contributed by atoms with E-state index in [9.17, 15) is 14.7 Å². The summed E-state index contributed by atoms with van der Waals surface area (Å²) in [6, 6.07) is 0. The molecule has 0 aromatic carbocycles. The molecule has 27 heavy (non-hydrogen) atoms. The molecule has 6 atom stereocenters. The molecule has 2 saturated heterocycles. The van der Waals surface area contributed by atoms with Crippen molar-refractivity contribution < 1.29 is 19.4 Å². The number of ether oxygens (including phenoxy) is 1. The van der Waals surface area contributed by atoms with Crippen LogP contribution < -0.4 is 0 Å². The van der Waals surface area contributed by atoms with Crippen LogP contribution in [-0.4, -0.2) is 71.7 Å². The largest absolute Gasteiger partial charge is 0.461 e. The summed E-state index contributed by atoms with van der Waals surface area (Å²) in [7, 11) is 0. The Labute approximate surface area is 161 Å². The van der Waals surface area contributed by atoms with E-state index in [0.717, 1.165) is 32.4 Å². The van der Waals surface area contributed by atoms with Crippen molar-refractivity contribution in [3.05, 3.63) is 11.6 Å². The topological polar surface area (TPSA) is 70.1 Å². The first kappa shape index (κ1) is 18.9. The molecule has 6 nitrogen and oxygen atoms in total. The summed E-state index contributed by atoms with van der Waals surface area (Å²) in [5, 5.41) is 11.4. The molecule has 0 bridgehead atoms. The number of hydrogen-bond donors (Lipinski definition) is 1. The predicted molar refractivity (Wildman–Crippen MR) is 101 cm³/mol. The van der Waals surface area contributed by atoms with Gasteiger partial charge in [0.1, 0.15) is 6.10 Å². The average Bonchev–Trinajstić information content (AvgIpc) is 2.94. The molecular weight excluding hydrogens is 344 g/mol. The minimum Gasteiger partial charge on any atom is -0.461 e. The maximum absolute atomic E-state index is 12.7. The van der Waals surface area contributed by atoms with E-state index < -0.39 is 6.10 Å². The highest BCUT2D eigenvalue weighted by atomic mass is 16.6. The molecule has 0 spiro atoms. The molecule has 150 valence electrons. The normalized spacial score (nSPS) is 42.2. The van der Waals surface area contributed by atoms with Gasteiger partial charge in [-0.25, -0.2) is 0 Å². The van der Waals surface area contributed by atoms with Gasteiger partial charge in [-0.15, -0.1) is 0 Å². The number of nitrogens with zero attached hydrogens (tertiary/aromatic N) is 2. The fourth-order valence-corrected chi connectivity index (χ4v) is 5.80. The quantitative estimate of drug-likeness (QED) is 0.583. The maximum atomic E-state index is 12.7. The van der Waals surface area contributed by atoms with Crippen LogP contribution in [0.5, 0.6) is 0 Å². The van der Waals surface area contributed by atoms with Crippen LogP contribution in [-0.2, 0) is 14.3 Å². The third-order valence-electron chi connectivity index (χ3n) is 7.84. The molecule has 1 N–H and O–H groups in total. The van der Waals surface area contributed by atoms with Crippen LogP contribution in [0.2, 0.25) is 0 Å². The number of carbonyl (C=O) groups excluding carboxylic acids is 2. The third-order valence-corrected chi connectivity index (χ3v) is 7.84. The number of piperazine rings is 1. The van der Waals surface area contributed by atoms with E-state index in [1.807, 2.05) is 4.90 Å².